The Balaban J connectivity index is 2.10. The topological polar surface area (TPSA) is 90.0 Å². The van der Waals surface area contributed by atoms with Gasteiger partial charge in [0.15, 0.2) is 5.03 Å². The molecule has 1 atom stereocenters. The van der Waals surface area contributed by atoms with E-state index in [1.807, 2.05) is 30.3 Å². The normalized spacial score (nSPS) is 13.3. The molecule has 20 heavy (non-hydrogen) atoms. The van der Waals surface area contributed by atoms with Crippen LogP contribution in [0.2, 0.25) is 0 Å². The largest absolute Gasteiger partial charge is 0.339 e. The third kappa shape index (κ3) is 3.66. The number of sulfonamides is 1. The number of aromatic nitrogens is 2. The van der Waals surface area contributed by atoms with Gasteiger partial charge in [-0.2, -0.15) is 0 Å². The zero-order valence-electron chi connectivity index (χ0n) is 11.2. The van der Waals surface area contributed by atoms with Gasteiger partial charge >= 0.3 is 0 Å². The Bertz CT molecular complexity index is 652. The summed E-state index contributed by atoms with van der Waals surface area (Å²) in [6.45, 7) is 0.223. The van der Waals surface area contributed by atoms with Gasteiger partial charge in [-0.25, -0.2) is 18.1 Å². The van der Waals surface area contributed by atoms with E-state index >= 15 is 0 Å². The predicted molar refractivity (Wildman–Crippen MR) is 76.5 cm³/mol. The maximum absolute atomic E-state index is 12.2. The molecule has 1 aromatic carbocycles. The monoisotopic (exact) mass is 294 g/mol. The van der Waals surface area contributed by atoms with Gasteiger partial charge < -0.3 is 10.3 Å². The number of hydrogen-bond acceptors (Lipinski definition) is 4. The number of benzene rings is 1. The van der Waals surface area contributed by atoms with E-state index in [1.54, 1.807) is 11.6 Å². The van der Waals surface area contributed by atoms with Crippen molar-refractivity contribution in [2.75, 3.05) is 6.54 Å². The van der Waals surface area contributed by atoms with E-state index in [-0.39, 0.29) is 17.6 Å². The van der Waals surface area contributed by atoms with Gasteiger partial charge in [-0.3, -0.25) is 0 Å². The molecule has 0 aliphatic carbocycles. The lowest BCUT2D eigenvalue weighted by atomic mass is 10.1. The zero-order valence-corrected chi connectivity index (χ0v) is 12.0. The average Bonchev–Trinajstić information content (AvgIpc) is 2.86. The van der Waals surface area contributed by atoms with Crippen LogP contribution in [0.3, 0.4) is 0 Å². The molecule has 0 amide bonds. The SMILES string of the molecule is Cn1cnc(S(=O)(=O)NC(CN)Cc2ccccc2)c1. The second-order valence-electron chi connectivity index (χ2n) is 4.62. The summed E-state index contributed by atoms with van der Waals surface area (Å²) < 4.78 is 28.5. The number of nitrogens with one attached hydrogen (secondary N) is 1. The quantitative estimate of drug-likeness (QED) is 0.800. The van der Waals surface area contributed by atoms with Crippen molar-refractivity contribution in [3.63, 3.8) is 0 Å². The molecule has 0 aliphatic rings. The first-order valence-electron chi connectivity index (χ1n) is 6.25. The third-order valence-corrected chi connectivity index (χ3v) is 4.29. The van der Waals surface area contributed by atoms with E-state index in [9.17, 15) is 8.42 Å². The lowest BCUT2D eigenvalue weighted by Gasteiger charge is -2.16. The molecule has 108 valence electrons. The fraction of sp³-hybridized carbons (Fsp3) is 0.308. The standard InChI is InChI=1S/C13H18N4O2S/c1-17-9-13(15-10-17)20(18,19)16-12(8-14)7-11-5-3-2-4-6-11/h2-6,9-10,12,16H,7-8,14H2,1H3. The van der Waals surface area contributed by atoms with Crippen molar-refractivity contribution >= 4 is 10.0 Å². The molecule has 0 saturated carbocycles. The van der Waals surface area contributed by atoms with Crippen molar-refractivity contribution in [3.05, 3.63) is 48.4 Å². The van der Waals surface area contributed by atoms with Crippen LogP contribution in [0, 0.1) is 0 Å². The molecule has 0 spiro atoms. The van der Waals surface area contributed by atoms with Gasteiger partial charge in [0.05, 0.1) is 6.33 Å². The fourth-order valence-electron chi connectivity index (χ4n) is 1.88. The van der Waals surface area contributed by atoms with Crippen molar-refractivity contribution in [1.82, 2.24) is 14.3 Å². The number of hydrogen-bond donors (Lipinski definition) is 2. The molecule has 2 aromatic rings. The van der Waals surface area contributed by atoms with Crippen LogP contribution in [-0.2, 0) is 23.5 Å². The predicted octanol–water partition coefficient (Wildman–Crippen LogP) is 0.268. The van der Waals surface area contributed by atoms with Gasteiger partial charge in [0.1, 0.15) is 0 Å². The molecule has 0 saturated heterocycles. The zero-order chi connectivity index (χ0) is 14.6. The Morgan fingerprint density at radius 1 is 1.35 bits per heavy atom. The van der Waals surface area contributed by atoms with Crippen molar-refractivity contribution in [2.45, 2.75) is 17.5 Å². The molecule has 0 fully saturated rings. The van der Waals surface area contributed by atoms with E-state index in [4.69, 9.17) is 5.73 Å². The first-order chi connectivity index (χ1) is 9.51. The maximum Gasteiger partial charge on any atom is 0.259 e. The number of nitrogens with two attached hydrogens (primary N) is 1. The summed E-state index contributed by atoms with van der Waals surface area (Å²) in [6.07, 6.45) is 3.45. The van der Waals surface area contributed by atoms with Crippen molar-refractivity contribution < 1.29 is 8.42 Å². The van der Waals surface area contributed by atoms with Crippen molar-refractivity contribution in [2.24, 2.45) is 12.8 Å². The highest BCUT2D eigenvalue weighted by molar-refractivity contribution is 7.89. The second-order valence-corrected chi connectivity index (χ2v) is 6.28. The Kier molecular flexibility index (Phi) is 4.53. The average molecular weight is 294 g/mol. The number of nitrogens with zero attached hydrogens (tertiary/aromatic N) is 2. The molecule has 3 N–H and O–H groups in total. The van der Waals surface area contributed by atoms with E-state index in [0.717, 1.165) is 5.56 Å². The highest BCUT2D eigenvalue weighted by Gasteiger charge is 2.21. The number of rotatable bonds is 6. The summed E-state index contributed by atoms with van der Waals surface area (Å²) in [5.74, 6) is 0. The Labute approximate surface area is 118 Å². The lowest BCUT2D eigenvalue weighted by molar-refractivity contribution is 0.545. The van der Waals surface area contributed by atoms with Gasteiger partial charge in [-0.1, -0.05) is 30.3 Å². The summed E-state index contributed by atoms with van der Waals surface area (Å²) in [6, 6.07) is 9.27. The first kappa shape index (κ1) is 14.7. The van der Waals surface area contributed by atoms with Gasteiger partial charge in [0.2, 0.25) is 0 Å². The van der Waals surface area contributed by atoms with Gasteiger partial charge in [-0.05, 0) is 12.0 Å². The minimum Gasteiger partial charge on any atom is -0.339 e. The van der Waals surface area contributed by atoms with Crippen LogP contribution in [0.4, 0.5) is 0 Å². The Hall–Kier alpha value is -1.70. The minimum atomic E-state index is -3.63. The summed E-state index contributed by atoms with van der Waals surface area (Å²) in [5, 5.41) is 0.00603. The molecule has 0 bridgehead atoms. The third-order valence-electron chi connectivity index (χ3n) is 2.89. The van der Waals surface area contributed by atoms with Crippen molar-refractivity contribution in [3.8, 4) is 0 Å². The number of imidazole rings is 1. The molecule has 0 radical (unpaired) electrons. The van der Waals surface area contributed by atoms with Crippen LogP contribution in [0.5, 0.6) is 0 Å². The highest BCUT2D eigenvalue weighted by atomic mass is 32.2. The molecule has 1 heterocycles. The molecule has 2 rings (SSSR count). The van der Waals surface area contributed by atoms with Crippen LogP contribution in [0.15, 0.2) is 47.9 Å². The Morgan fingerprint density at radius 2 is 2.05 bits per heavy atom. The molecule has 6 nitrogen and oxygen atoms in total. The summed E-state index contributed by atoms with van der Waals surface area (Å²) in [5.41, 5.74) is 6.69. The first-order valence-corrected chi connectivity index (χ1v) is 7.74. The van der Waals surface area contributed by atoms with Gasteiger partial charge in [0.25, 0.3) is 10.0 Å². The second kappa shape index (κ2) is 6.17. The minimum absolute atomic E-state index is 0.00603. The fourth-order valence-corrected chi connectivity index (χ4v) is 3.11. The molecule has 0 aliphatic heterocycles. The molecular weight excluding hydrogens is 276 g/mol. The highest BCUT2D eigenvalue weighted by Crippen LogP contribution is 2.08. The van der Waals surface area contributed by atoms with E-state index < -0.39 is 10.0 Å². The Morgan fingerprint density at radius 3 is 2.60 bits per heavy atom. The number of aryl methyl sites for hydroxylation is 1. The van der Waals surface area contributed by atoms with Crippen LogP contribution >= 0.6 is 0 Å². The maximum atomic E-state index is 12.2. The molecule has 1 aromatic heterocycles. The molecular formula is C13H18N4O2S. The van der Waals surface area contributed by atoms with Crippen LogP contribution in [0.25, 0.3) is 0 Å². The van der Waals surface area contributed by atoms with Gasteiger partial charge in [-0.15, -0.1) is 0 Å². The van der Waals surface area contributed by atoms with Crippen LogP contribution in [-0.4, -0.2) is 30.6 Å². The van der Waals surface area contributed by atoms with E-state index in [0.29, 0.717) is 6.42 Å². The van der Waals surface area contributed by atoms with Crippen molar-refractivity contribution in [1.29, 1.82) is 0 Å². The lowest BCUT2D eigenvalue weighted by Crippen LogP contribution is -2.41. The molecule has 7 heteroatoms. The van der Waals surface area contributed by atoms with E-state index in [2.05, 4.69) is 9.71 Å². The molecule has 1 unspecified atom stereocenters. The van der Waals surface area contributed by atoms with Crippen LogP contribution < -0.4 is 10.5 Å². The summed E-state index contributed by atoms with van der Waals surface area (Å²) in [4.78, 5) is 3.85. The summed E-state index contributed by atoms with van der Waals surface area (Å²) in [7, 11) is -1.91. The van der Waals surface area contributed by atoms with Crippen LogP contribution in [0.1, 0.15) is 5.56 Å². The summed E-state index contributed by atoms with van der Waals surface area (Å²) >= 11 is 0. The smallest absolute Gasteiger partial charge is 0.259 e. The van der Waals surface area contributed by atoms with Gasteiger partial charge in [0, 0.05) is 25.8 Å². The van der Waals surface area contributed by atoms with E-state index in [1.165, 1.54) is 12.5 Å².